The molecule has 78 valence electrons. The Labute approximate surface area is 80.4 Å². The van der Waals surface area contributed by atoms with Gasteiger partial charge in [-0.15, -0.1) is 0 Å². The molecule has 0 unspecified atom stereocenters. The van der Waals surface area contributed by atoms with Crippen LogP contribution >= 0.6 is 0 Å². The molecule has 0 radical (unpaired) electrons. The first-order valence-corrected chi connectivity index (χ1v) is 4.15. The first-order chi connectivity index (χ1) is 6.56. The molecule has 1 N–H and O–H groups in total. The molecule has 1 heterocycles. The molecule has 1 fully saturated rings. The number of Topliss-reactive ketones (excluding diaryl/α,β-unsaturated/α-hetero) is 1. The van der Waals surface area contributed by atoms with Crippen LogP contribution in [0.25, 0.3) is 0 Å². The minimum absolute atomic E-state index is 0.114. The Morgan fingerprint density at radius 1 is 1.57 bits per heavy atom. The van der Waals surface area contributed by atoms with Crippen molar-refractivity contribution >= 4 is 17.8 Å². The van der Waals surface area contributed by atoms with Crippen LogP contribution in [0.4, 0.5) is 4.79 Å². The fourth-order valence-electron chi connectivity index (χ4n) is 1.39. The summed E-state index contributed by atoms with van der Waals surface area (Å²) in [6, 6.07) is -1.08. The van der Waals surface area contributed by atoms with Gasteiger partial charge in [-0.1, -0.05) is 0 Å². The number of likely N-dealkylation sites (tertiary alicyclic amines) is 1. The molecule has 0 aliphatic carbocycles. The molecule has 1 saturated heterocycles. The number of piperidine rings is 1. The molecule has 1 aliphatic rings. The van der Waals surface area contributed by atoms with Crippen LogP contribution in [0.15, 0.2) is 0 Å². The lowest BCUT2D eigenvalue weighted by Crippen LogP contribution is -2.50. The predicted molar refractivity (Wildman–Crippen MR) is 44.8 cm³/mol. The zero-order valence-corrected chi connectivity index (χ0v) is 7.73. The van der Waals surface area contributed by atoms with Crippen molar-refractivity contribution in [1.82, 2.24) is 4.90 Å². The second-order valence-corrected chi connectivity index (χ2v) is 3.01. The summed E-state index contributed by atoms with van der Waals surface area (Å²) >= 11 is 0. The number of methoxy groups -OCH3 is 1. The van der Waals surface area contributed by atoms with E-state index >= 15 is 0 Å². The van der Waals surface area contributed by atoms with Gasteiger partial charge in [0.15, 0.2) is 0 Å². The number of carbonyl (C=O) groups is 3. The molecular weight excluding hydrogens is 190 g/mol. The van der Waals surface area contributed by atoms with Gasteiger partial charge in [-0.05, 0) is 0 Å². The van der Waals surface area contributed by atoms with Crippen LogP contribution in [0.2, 0.25) is 0 Å². The van der Waals surface area contributed by atoms with Gasteiger partial charge >= 0.3 is 12.1 Å². The Kier molecular flexibility index (Phi) is 3.06. The maximum absolute atomic E-state index is 11.1. The van der Waals surface area contributed by atoms with Gasteiger partial charge in [0.05, 0.1) is 7.11 Å². The van der Waals surface area contributed by atoms with Crippen molar-refractivity contribution in [3.8, 4) is 0 Å². The molecule has 0 spiro atoms. The summed E-state index contributed by atoms with van der Waals surface area (Å²) in [5, 5.41) is 8.77. The van der Waals surface area contributed by atoms with Crippen molar-refractivity contribution in [1.29, 1.82) is 0 Å². The topological polar surface area (TPSA) is 83.9 Å². The number of hydrogen-bond donors (Lipinski definition) is 1. The normalized spacial score (nSPS) is 21.9. The smallest absolute Gasteiger partial charge is 0.410 e. The number of carbonyl (C=O) groups excluding carboxylic acids is 2. The van der Waals surface area contributed by atoms with Gasteiger partial charge in [-0.3, -0.25) is 9.69 Å². The average molecular weight is 201 g/mol. The van der Waals surface area contributed by atoms with Gasteiger partial charge in [-0.2, -0.15) is 0 Å². The van der Waals surface area contributed by atoms with Crippen molar-refractivity contribution < 1.29 is 24.2 Å². The van der Waals surface area contributed by atoms with Crippen LogP contribution in [0.5, 0.6) is 0 Å². The highest BCUT2D eigenvalue weighted by atomic mass is 16.5. The Balaban J connectivity index is 2.77. The first-order valence-electron chi connectivity index (χ1n) is 4.15. The number of rotatable bonds is 1. The lowest BCUT2D eigenvalue weighted by atomic mass is 10.0. The second-order valence-electron chi connectivity index (χ2n) is 3.01. The van der Waals surface area contributed by atoms with E-state index < -0.39 is 18.1 Å². The van der Waals surface area contributed by atoms with Crippen LogP contribution in [0.1, 0.15) is 12.8 Å². The van der Waals surface area contributed by atoms with Crippen LogP contribution in [-0.2, 0) is 14.3 Å². The third-order valence-electron chi connectivity index (χ3n) is 2.12. The fraction of sp³-hybridized carbons (Fsp3) is 0.625. The maximum atomic E-state index is 11.1. The summed E-state index contributed by atoms with van der Waals surface area (Å²) < 4.78 is 4.42. The molecule has 0 bridgehead atoms. The van der Waals surface area contributed by atoms with Crippen molar-refractivity contribution in [2.75, 3.05) is 13.7 Å². The summed E-state index contributed by atoms with van der Waals surface area (Å²) in [6.45, 7) is 0.114. The largest absolute Gasteiger partial charge is 0.480 e. The van der Waals surface area contributed by atoms with E-state index in [1.807, 2.05) is 0 Å². The third-order valence-corrected chi connectivity index (χ3v) is 2.12. The van der Waals surface area contributed by atoms with E-state index in [2.05, 4.69) is 4.74 Å². The van der Waals surface area contributed by atoms with Gasteiger partial charge < -0.3 is 9.84 Å². The number of amides is 1. The number of ether oxygens (including phenoxy) is 1. The monoisotopic (exact) mass is 201 g/mol. The van der Waals surface area contributed by atoms with Gasteiger partial charge in [0.1, 0.15) is 11.8 Å². The van der Waals surface area contributed by atoms with Crippen LogP contribution < -0.4 is 0 Å². The molecule has 0 saturated carbocycles. The highest BCUT2D eigenvalue weighted by Crippen LogP contribution is 2.15. The number of nitrogens with zero attached hydrogens (tertiary/aromatic N) is 1. The molecule has 0 aromatic heterocycles. The van der Waals surface area contributed by atoms with Gasteiger partial charge in [0, 0.05) is 19.4 Å². The summed E-state index contributed by atoms with van der Waals surface area (Å²) in [7, 11) is 1.18. The number of carboxylic acids is 1. The van der Waals surface area contributed by atoms with Crippen LogP contribution in [-0.4, -0.2) is 47.5 Å². The molecular formula is C8H11NO5. The van der Waals surface area contributed by atoms with E-state index in [0.29, 0.717) is 0 Å². The molecule has 0 aromatic carbocycles. The van der Waals surface area contributed by atoms with Crippen molar-refractivity contribution in [2.45, 2.75) is 18.9 Å². The van der Waals surface area contributed by atoms with Gasteiger partial charge in [0.25, 0.3) is 0 Å². The van der Waals surface area contributed by atoms with Gasteiger partial charge in [-0.25, -0.2) is 9.59 Å². The standard InChI is InChI=1S/C8H11NO5/c1-14-8(13)9-3-2-5(10)4-6(9)7(11)12/h6H,2-4H2,1H3,(H,11,12)/t6-/m1/s1. The third kappa shape index (κ3) is 2.01. The summed E-state index contributed by atoms with van der Waals surface area (Å²) in [5.41, 5.74) is 0. The Morgan fingerprint density at radius 2 is 2.21 bits per heavy atom. The molecule has 6 nitrogen and oxygen atoms in total. The number of hydrogen-bond acceptors (Lipinski definition) is 4. The Hall–Kier alpha value is -1.59. The molecule has 1 rings (SSSR count). The number of aliphatic carboxylic acids is 1. The zero-order valence-electron chi connectivity index (χ0n) is 7.73. The number of ketones is 1. The molecule has 1 amide bonds. The predicted octanol–water partition coefficient (Wildman–Crippen LogP) is -0.129. The fourth-order valence-corrected chi connectivity index (χ4v) is 1.39. The summed E-state index contributed by atoms with van der Waals surface area (Å²) in [6.07, 6.45) is -0.645. The van der Waals surface area contributed by atoms with Crippen molar-refractivity contribution in [2.24, 2.45) is 0 Å². The lowest BCUT2D eigenvalue weighted by Gasteiger charge is -2.30. The van der Waals surface area contributed by atoms with E-state index in [4.69, 9.17) is 5.11 Å². The molecule has 1 aliphatic heterocycles. The highest BCUT2D eigenvalue weighted by Gasteiger charge is 2.35. The molecule has 1 atom stereocenters. The maximum Gasteiger partial charge on any atom is 0.410 e. The van der Waals surface area contributed by atoms with Crippen molar-refractivity contribution in [3.05, 3.63) is 0 Å². The average Bonchev–Trinajstić information content (AvgIpc) is 2.16. The van der Waals surface area contributed by atoms with Crippen molar-refractivity contribution in [3.63, 3.8) is 0 Å². The van der Waals surface area contributed by atoms with Gasteiger partial charge in [0.2, 0.25) is 0 Å². The highest BCUT2D eigenvalue weighted by molar-refractivity contribution is 5.90. The van der Waals surface area contributed by atoms with E-state index in [-0.39, 0.29) is 25.2 Å². The SMILES string of the molecule is COC(=O)N1CCC(=O)C[C@@H]1C(=O)O. The minimum Gasteiger partial charge on any atom is -0.480 e. The first kappa shape index (κ1) is 10.5. The second kappa shape index (κ2) is 4.08. The lowest BCUT2D eigenvalue weighted by molar-refractivity contribution is -0.146. The quantitative estimate of drug-likeness (QED) is 0.638. The Bertz CT molecular complexity index is 275. The van der Waals surface area contributed by atoms with E-state index in [9.17, 15) is 14.4 Å². The van der Waals surface area contributed by atoms with E-state index in [0.717, 1.165) is 4.90 Å². The number of carboxylic acid groups (broad SMARTS) is 1. The summed E-state index contributed by atoms with van der Waals surface area (Å²) in [5.74, 6) is -1.32. The van der Waals surface area contributed by atoms with Crippen LogP contribution in [0, 0.1) is 0 Å². The van der Waals surface area contributed by atoms with E-state index in [1.54, 1.807) is 0 Å². The zero-order chi connectivity index (χ0) is 10.7. The molecule has 0 aromatic rings. The molecule has 6 heteroatoms. The molecule has 14 heavy (non-hydrogen) atoms. The minimum atomic E-state index is -1.18. The van der Waals surface area contributed by atoms with Crippen LogP contribution in [0.3, 0.4) is 0 Å². The summed E-state index contributed by atoms with van der Waals surface area (Å²) in [4.78, 5) is 33.9. The van der Waals surface area contributed by atoms with E-state index in [1.165, 1.54) is 7.11 Å². The Morgan fingerprint density at radius 3 is 2.71 bits per heavy atom.